The average molecular weight is 855 g/mol. The molecule has 6 aromatic rings. The number of nitrogens with one attached hydrogen (secondary N) is 1. The average Bonchev–Trinajstić information content (AvgIpc) is 3.83. The van der Waals surface area contributed by atoms with Crippen LogP contribution in [0.15, 0.2) is 52.1 Å². The van der Waals surface area contributed by atoms with E-state index < -0.39 is 23.1 Å². The molecule has 0 radical (unpaired) electrons. The Labute approximate surface area is 360 Å². The van der Waals surface area contributed by atoms with Crippen molar-refractivity contribution in [3.8, 4) is 34.3 Å². The second-order valence-corrected chi connectivity index (χ2v) is 17.0. The number of benzene rings is 2. The van der Waals surface area contributed by atoms with Crippen molar-refractivity contribution in [2.45, 2.75) is 77.7 Å². The summed E-state index contributed by atoms with van der Waals surface area (Å²) in [6.07, 6.45) is 0.238. The minimum atomic E-state index is -1.84. The first-order valence-corrected chi connectivity index (χ1v) is 21.1. The molecule has 2 aromatic carbocycles. The predicted molar refractivity (Wildman–Crippen MR) is 232 cm³/mol. The van der Waals surface area contributed by atoms with E-state index in [4.69, 9.17) is 28.9 Å². The van der Waals surface area contributed by atoms with E-state index in [9.17, 15) is 29.4 Å². The molecule has 324 valence electrons. The molecule has 2 unspecified atom stereocenters. The number of nitrogens with zero attached hydrogens (tertiary/aromatic N) is 5. The van der Waals surface area contributed by atoms with Gasteiger partial charge >= 0.3 is 11.9 Å². The summed E-state index contributed by atoms with van der Waals surface area (Å²) in [6.45, 7) is 7.71. The second kappa shape index (κ2) is 14.5. The minimum Gasteiger partial charge on any atom is -0.486 e. The predicted octanol–water partition coefficient (Wildman–Crippen LogP) is 4.34. The van der Waals surface area contributed by atoms with Gasteiger partial charge in [-0.3, -0.25) is 9.59 Å². The molecule has 0 aliphatic carbocycles. The number of fused-ring (bicyclic) bond motifs is 11. The van der Waals surface area contributed by atoms with Crippen molar-refractivity contribution in [2.75, 3.05) is 39.7 Å². The Balaban J connectivity index is 0.000000150. The summed E-state index contributed by atoms with van der Waals surface area (Å²) in [5.74, 6) is -0.173. The lowest BCUT2D eigenvalue weighted by Crippen LogP contribution is -2.44. The third kappa shape index (κ3) is 5.91. The summed E-state index contributed by atoms with van der Waals surface area (Å²) >= 11 is 0. The molecule has 4 aromatic heterocycles. The Hall–Kier alpha value is -6.62. The van der Waals surface area contributed by atoms with Gasteiger partial charge in [-0.15, -0.1) is 0 Å². The van der Waals surface area contributed by atoms with Crippen molar-refractivity contribution < 1.29 is 38.7 Å². The zero-order valence-corrected chi connectivity index (χ0v) is 35.8. The van der Waals surface area contributed by atoms with Gasteiger partial charge in [0.2, 0.25) is 0 Å². The zero-order chi connectivity index (χ0) is 44.3. The molecule has 16 heteroatoms. The van der Waals surface area contributed by atoms with Gasteiger partial charge in [0.05, 0.1) is 63.7 Å². The summed E-state index contributed by atoms with van der Waals surface area (Å²) in [4.78, 5) is 63.1. The number of carbonyl (C=O) groups is 2. The fraction of sp³-hybridized carbons (Fsp3) is 0.362. The van der Waals surface area contributed by atoms with Crippen molar-refractivity contribution in [3.05, 3.63) is 108 Å². The van der Waals surface area contributed by atoms with Gasteiger partial charge in [0.25, 0.3) is 11.1 Å². The van der Waals surface area contributed by atoms with Crippen LogP contribution >= 0.6 is 0 Å². The van der Waals surface area contributed by atoms with Crippen LogP contribution in [0.1, 0.15) is 71.2 Å². The summed E-state index contributed by atoms with van der Waals surface area (Å²) in [6, 6.07) is 13.5. The fourth-order valence-corrected chi connectivity index (χ4v) is 9.62. The molecule has 0 spiro atoms. The number of pyridine rings is 4. The summed E-state index contributed by atoms with van der Waals surface area (Å²) in [7, 11) is 5.89. The highest BCUT2D eigenvalue weighted by Crippen LogP contribution is 2.46. The quantitative estimate of drug-likeness (QED) is 0.207. The van der Waals surface area contributed by atoms with Crippen LogP contribution in [0.5, 0.6) is 11.5 Å². The number of hydrogen-bond donors (Lipinski definition) is 3. The van der Waals surface area contributed by atoms with Gasteiger partial charge in [0.15, 0.2) is 22.7 Å². The maximum atomic E-state index is 13.3. The molecule has 9 heterocycles. The molecule has 3 N–H and O–H groups in total. The number of anilines is 1. The van der Waals surface area contributed by atoms with Crippen molar-refractivity contribution in [1.29, 1.82) is 0 Å². The molecule has 63 heavy (non-hydrogen) atoms. The Bertz CT molecular complexity index is 3140. The molecule has 0 amide bonds. The molecule has 0 saturated carbocycles. The van der Waals surface area contributed by atoms with Gasteiger partial charge in [0.1, 0.15) is 26.4 Å². The molecule has 16 nitrogen and oxygen atoms in total. The van der Waals surface area contributed by atoms with Crippen molar-refractivity contribution in [1.82, 2.24) is 24.0 Å². The largest absolute Gasteiger partial charge is 0.486 e. The van der Waals surface area contributed by atoms with Gasteiger partial charge in [-0.1, -0.05) is 19.9 Å². The zero-order valence-electron chi connectivity index (χ0n) is 35.8. The maximum absolute atomic E-state index is 13.3. The van der Waals surface area contributed by atoms with Crippen LogP contribution in [0.25, 0.3) is 44.6 Å². The van der Waals surface area contributed by atoms with E-state index in [1.807, 2.05) is 39.3 Å². The SMILES string of the molecule is CCC1(O)C(=O)OCc2c1cc1n(c2=O)Cc2cc3c(CN(C)C)c(C)ccc3nc2-1.CCC1(O)C(=O)OCc2c1cc1n(c2=O)Cc2cc3c(NC)c4c(cc3nc2-1)OCCO4. The van der Waals surface area contributed by atoms with Gasteiger partial charge in [-0.05, 0) is 75.3 Å². The normalized spacial score (nSPS) is 19.9. The van der Waals surface area contributed by atoms with Gasteiger partial charge in [-0.2, -0.15) is 0 Å². The molecule has 0 fully saturated rings. The van der Waals surface area contributed by atoms with Crippen LogP contribution in [0.3, 0.4) is 0 Å². The Morgan fingerprint density at radius 1 is 0.730 bits per heavy atom. The van der Waals surface area contributed by atoms with Gasteiger partial charge < -0.3 is 48.5 Å². The number of esters is 2. The molecular weight excluding hydrogens is 809 g/mol. The number of cyclic esters (lactones) is 2. The van der Waals surface area contributed by atoms with E-state index in [0.717, 1.165) is 45.3 Å². The van der Waals surface area contributed by atoms with Crippen molar-refractivity contribution >= 4 is 39.4 Å². The van der Waals surface area contributed by atoms with E-state index in [0.29, 0.717) is 82.7 Å². The minimum absolute atomic E-state index is 0.106. The smallest absolute Gasteiger partial charge is 0.343 e. The fourth-order valence-electron chi connectivity index (χ4n) is 9.62. The van der Waals surface area contributed by atoms with E-state index in [2.05, 4.69) is 29.3 Å². The second-order valence-electron chi connectivity index (χ2n) is 17.0. The number of ether oxygens (including phenoxy) is 4. The van der Waals surface area contributed by atoms with E-state index in [1.165, 1.54) is 11.1 Å². The Morgan fingerprint density at radius 2 is 1.27 bits per heavy atom. The lowest BCUT2D eigenvalue weighted by atomic mass is 9.86. The van der Waals surface area contributed by atoms with E-state index in [-0.39, 0.29) is 37.2 Å². The Morgan fingerprint density at radius 3 is 1.81 bits per heavy atom. The first-order chi connectivity index (χ1) is 30.2. The number of aliphatic hydroxyl groups is 2. The van der Waals surface area contributed by atoms with Crippen LogP contribution in [-0.4, -0.2) is 80.5 Å². The van der Waals surface area contributed by atoms with Crippen LogP contribution in [0.2, 0.25) is 0 Å². The number of aromatic nitrogens is 4. The summed E-state index contributed by atoms with van der Waals surface area (Å²) in [5.41, 5.74) is 6.33. The topological polar surface area (TPSA) is 197 Å². The first kappa shape index (κ1) is 40.5. The maximum Gasteiger partial charge on any atom is 0.343 e. The molecule has 5 aliphatic heterocycles. The standard InChI is InChI=1S/C24H25N3O4.C23H21N3O6/c1-5-24(30)18-9-20-21-14(10-27(20)22(28)17(18)12-31-23(24)29)8-15-16(11-26(3)4)13(2)6-7-19(15)25-21;1-3-23(29)14-7-16-18-11(9-26(16)21(27)13(14)10-32-22(23)28)6-12-15(25-18)8-17-20(19(12)24-2)31-5-4-30-17/h6-9,30H,5,10-12H2,1-4H3;6-8,24,29H,3-5,9-10H2,1-2H3. The number of hydrogen-bond acceptors (Lipinski definition) is 14. The third-order valence-corrected chi connectivity index (χ3v) is 13.1. The number of aryl methyl sites for hydroxylation is 1. The van der Waals surface area contributed by atoms with Crippen LogP contribution < -0.4 is 25.9 Å². The monoisotopic (exact) mass is 854 g/mol. The Kier molecular flexibility index (Phi) is 9.29. The molecular formula is C47H46N6O10. The molecule has 11 rings (SSSR count). The molecule has 0 bridgehead atoms. The van der Waals surface area contributed by atoms with Crippen LogP contribution in [0, 0.1) is 6.92 Å². The third-order valence-electron chi connectivity index (χ3n) is 13.1. The van der Waals surface area contributed by atoms with Crippen molar-refractivity contribution in [3.63, 3.8) is 0 Å². The first-order valence-electron chi connectivity index (χ1n) is 21.1. The number of rotatable bonds is 5. The van der Waals surface area contributed by atoms with Crippen LogP contribution in [0.4, 0.5) is 5.69 Å². The van der Waals surface area contributed by atoms with Crippen molar-refractivity contribution in [2.24, 2.45) is 0 Å². The van der Waals surface area contributed by atoms with E-state index in [1.54, 1.807) is 35.1 Å². The van der Waals surface area contributed by atoms with E-state index >= 15 is 0 Å². The highest BCUT2D eigenvalue weighted by molar-refractivity contribution is 5.99. The van der Waals surface area contributed by atoms with Crippen LogP contribution in [-0.2, 0) is 63.1 Å². The molecule has 2 atom stereocenters. The highest BCUT2D eigenvalue weighted by Gasteiger charge is 2.47. The number of carbonyl (C=O) groups excluding carboxylic acids is 2. The lowest BCUT2D eigenvalue weighted by molar-refractivity contribution is -0.172. The highest BCUT2D eigenvalue weighted by atomic mass is 16.6. The summed E-state index contributed by atoms with van der Waals surface area (Å²) in [5, 5.41) is 27.1. The lowest BCUT2D eigenvalue weighted by Gasteiger charge is -2.31. The molecule has 5 aliphatic rings. The summed E-state index contributed by atoms with van der Waals surface area (Å²) < 4.78 is 25.1. The van der Waals surface area contributed by atoms with Gasteiger partial charge in [-0.25, -0.2) is 19.6 Å². The molecule has 0 saturated heterocycles. The van der Waals surface area contributed by atoms with Gasteiger partial charge in [0, 0.05) is 52.7 Å².